The average Bonchev–Trinajstić information content (AvgIpc) is 3.33. The summed E-state index contributed by atoms with van der Waals surface area (Å²) in [5.74, 6) is 1.00. The first-order valence-corrected chi connectivity index (χ1v) is 9.95. The molecule has 0 bridgehead atoms. The molecule has 0 aliphatic rings. The Morgan fingerprint density at radius 1 is 0.938 bits per heavy atom. The number of hydrogen-bond donors (Lipinski definition) is 1. The van der Waals surface area contributed by atoms with E-state index in [4.69, 9.17) is 9.47 Å². The first kappa shape index (κ1) is 20.9. The summed E-state index contributed by atoms with van der Waals surface area (Å²) in [6, 6.07) is 22.8. The van der Waals surface area contributed by atoms with Crippen LogP contribution < -0.4 is 14.8 Å². The Bertz CT molecular complexity index is 1230. The van der Waals surface area contributed by atoms with Gasteiger partial charge in [-0.25, -0.2) is 4.68 Å². The van der Waals surface area contributed by atoms with Crippen LogP contribution in [-0.4, -0.2) is 35.1 Å². The first-order valence-electron chi connectivity index (χ1n) is 9.95. The van der Waals surface area contributed by atoms with E-state index in [9.17, 15) is 4.79 Å². The molecule has 3 aromatic carbocycles. The fourth-order valence-electron chi connectivity index (χ4n) is 3.23. The summed E-state index contributed by atoms with van der Waals surface area (Å²) in [6.07, 6.45) is 4.91. The minimum atomic E-state index is -0.238. The Balaban J connectivity index is 1.44. The zero-order valence-corrected chi connectivity index (χ0v) is 17.7. The van der Waals surface area contributed by atoms with Crippen LogP contribution in [0.25, 0.3) is 23.0 Å². The predicted octanol–water partition coefficient (Wildman–Crippen LogP) is 4.60. The van der Waals surface area contributed by atoms with E-state index in [0.29, 0.717) is 17.2 Å². The maximum absolute atomic E-state index is 12.3. The van der Waals surface area contributed by atoms with Crippen LogP contribution in [0.4, 0.5) is 5.69 Å². The molecule has 7 nitrogen and oxygen atoms in total. The molecule has 0 aliphatic heterocycles. The van der Waals surface area contributed by atoms with Gasteiger partial charge in [-0.1, -0.05) is 41.6 Å². The third-order valence-electron chi connectivity index (χ3n) is 4.83. The summed E-state index contributed by atoms with van der Waals surface area (Å²) in [6.45, 7) is 0. The van der Waals surface area contributed by atoms with E-state index in [1.807, 2.05) is 60.7 Å². The molecule has 0 unspecified atom stereocenters. The lowest BCUT2D eigenvalue weighted by Crippen LogP contribution is -2.08. The zero-order chi connectivity index (χ0) is 22.3. The summed E-state index contributed by atoms with van der Waals surface area (Å²) in [5.41, 5.74) is 4.26. The van der Waals surface area contributed by atoms with Crippen LogP contribution in [-0.2, 0) is 4.79 Å². The number of amides is 1. The molecule has 0 radical (unpaired) electrons. The van der Waals surface area contributed by atoms with Gasteiger partial charge in [0.2, 0.25) is 5.91 Å². The van der Waals surface area contributed by atoms with Crippen LogP contribution in [0, 0.1) is 0 Å². The number of rotatable bonds is 7. The normalized spacial score (nSPS) is 10.8. The van der Waals surface area contributed by atoms with E-state index in [1.165, 1.54) is 6.08 Å². The molecule has 0 aliphatic carbocycles. The van der Waals surface area contributed by atoms with E-state index >= 15 is 0 Å². The highest BCUT2D eigenvalue weighted by Crippen LogP contribution is 2.28. The van der Waals surface area contributed by atoms with Gasteiger partial charge in [0.1, 0.15) is 0 Å². The highest BCUT2D eigenvalue weighted by molar-refractivity contribution is 6.02. The quantitative estimate of drug-likeness (QED) is 0.437. The van der Waals surface area contributed by atoms with Crippen LogP contribution in [0.1, 0.15) is 5.56 Å². The number of anilines is 1. The largest absolute Gasteiger partial charge is 0.493 e. The lowest BCUT2D eigenvalue weighted by atomic mass is 10.1. The van der Waals surface area contributed by atoms with Crippen molar-refractivity contribution in [2.45, 2.75) is 0 Å². The first-order chi connectivity index (χ1) is 15.7. The SMILES string of the molecule is COc1ccc(/C=C/C(=O)Nc2ccc(-n3nncc3-c3ccccc3)cc2)cc1OC. The summed E-state index contributed by atoms with van der Waals surface area (Å²) >= 11 is 0. The van der Waals surface area contributed by atoms with Crippen molar-refractivity contribution in [3.8, 4) is 28.4 Å². The molecule has 0 saturated heterocycles. The Morgan fingerprint density at radius 2 is 1.69 bits per heavy atom. The lowest BCUT2D eigenvalue weighted by Gasteiger charge is -2.08. The molecule has 160 valence electrons. The van der Waals surface area contributed by atoms with Gasteiger partial charge in [0.25, 0.3) is 0 Å². The Labute approximate surface area is 185 Å². The van der Waals surface area contributed by atoms with Crippen molar-refractivity contribution in [3.05, 3.63) is 90.6 Å². The second-order valence-corrected chi connectivity index (χ2v) is 6.88. The van der Waals surface area contributed by atoms with Crippen LogP contribution in [0.5, 0.6) is 11.5 Å². The van der Waals surface area contributed by atoms with Gasteiger partial charge in [0.15, 0.2) is 11.5 Å². The molecule has 0 fully saturated rings. The maximum atomic E-state index is 12.3. The molecule has 0 saturated carbocycles. The van der Waals surface area contributed by atoms with Crippen LogP contribution in [0.3, 0.4) is 0 Å². The van der Waals surface area contributed by atoms with Crippen LogP contribution >= 0.6 is 0 Å². The zero-order valence-electron chi connectivity index (χ0n) is 17.7. The van der Waals surface area contributed by atoms with Gasteiger partial charge >= 0.3 is 0 Å². The number of ether oxygens (including phenoxy) is 2. The van der Waals surface area contributed by atoms with E-state index in [-0.39, 0.29) is 5.91 Å². The van der Waals surface area contributed by atoms with Gasteiger partial charge < -0.3 is 14.8 Å². The number of nitrogens with zero attached hydrogens (tertiary/aromatic N) is 3. The van der Waals surface area contributed by atoms with E-state index < -0.39 is 0 Å². The molecular formula is C25H22N4O3. The number of benzene rings is 3. The van der Waals surface area contributed by atoms with Crippen molar-refractivity contribution < 1.29 is 14.3 Å². The topological polar surface area (TPSA) is 78.3 Å². The van der Waals surface area contributed by atoms with E-state index in [1.54, 1.807) is 43.3 Å². The second-order valence-electron chi connectivity index (χ2n) is 6.88. The molecule has 32 heavy (non-hydrogen) atoms. The van der Waals surface area contributed by atoms with Gasteiger partial charge in [0.05, 0.1) is 31.8 Å². The standard InChI is InChI=1S/C25H22N4O3/c1-31-23-14-8-18(16-24(23)32-2)9-15-25(30)27-20-10-12-21(13-11-20)29-22(17-26-28-29)19-6-4-3-5-7-19/h3-17H,1-2H3,(H,27,30)/b15-9+. The monoisotopic (exact) mass is 426 g/mol. The number of hydrogen-bond acceptors (Lipinski definition) is 5. The molecule has 1 N–H and O–H groups in total. The number of methoxy groups -OCH3 is 2. The minimum absolute atomic E-state index is 0.238. The lowest BCUT2D eigenvalue weighted by molar-refractivity contribution is -0.111. The fraction of sp³-hybridized carbons (Fsp3) is 0.0800. The number of carbonyl (C=O) groups is 1. The Morgan fingerprint density at radius 3 is 2.41 bits per heavy atom. The van der Waals surface area contributed by atoms with Gasteiger partial charge in [-0.2, -0.15) is 0 Å². The third-order valence-corrected chi connectivity index (χ3v) is 4.83. The molecule has 1 heterocycles. The van der Waals surface area contributed by atoms with Crippen molar-refractivity contribution >= 4 is 17.7 Å². The second kappa shape index (κ2) is 9.61. The number of carbonyl (C=O) groups excluding carboxylic acids is 1. The van der Waals surface area contributed by atoms with Gasteiger partial charge in [-0.05, 0) is 48.0 Å². The summed E-state index contributed by atoms with van der Waals surface area (Å²) < 4.78 is 12.3. The number of aromatic nitrogens is 3. The minimum Gasteiger partial charge on any atom is -0.493 e. The van der Waals surface area contributed by atoms with E-state index in [0.717, 1.165) is 22.5 Å². The van der Waals surface area contributed by atoms with Crippen molar-refractivity contribution in [1.82, 2.24) is 15.0 Å². The van der Waals surface area contributed by atoms with Crippen molar-refractivity contribution in [1.29, 1.82) is 0 Å². The van der Waals surface area contributed by atoms with E-state index in [2.05, 4.69) is 15.6 Å². The molecule has 7 heteroatoms. The summed E-state index contributed by atoms with van der Waals surface area (Å²) in [7, 11) is 3.15. The van der Waals surface area contributed by atoms with Gasteiger partial charge in [-0.3, -0.25) is 4.79 Å². The molecular weight excluding hydrogens is 404 g/mol. The molecule has 0 spiro atoms. The molecule has 4 rings (SSSR count). The van der Waals surface area contributed by atoms with Crippen molar-refractivity contribution in [2.24, 2.45) is 0 Å². The Hall–Kier alpha value is -4.39. The third kappa shape index (κ3) is 4.67. The summed E-state index contributed by atoms with van der Waals surface area (Å²) in [4.78, 5) is 12.3. The van der Waals surface area contributed by atoms with Crippen molar-refractivity contribution in [3.63, 3.8) is 0 Å². The van der Waals surface area contributed by atoms with Crippen LogP contribution in [0.15, 0.2) is 85.1 Å². The highest BCUT2D eigenvalue weighted by atomic mass is 16.5. The van der Waals surface area contributed by atoms with Gasteiger partial charge in [-0.15, -0.1) is 5.10 Å². The maximum Gasteiger partial charge on any atom is 0.248 e. The van der Waals surface area contributed by atoms with Crippen molar-refractivity contribution in [2.75, 3.05) is 19.5 Å². The highest BCUT2D eigenvalue weighted by Gasteiger charge is 2.09. The smallest absolute Gasteiger partial charge is 0.248 e. The van der Waals surface area contributed by atoms with Gasteiger partial charge in [0, 0.05) is 17.3 Å². The Kier molecular flexibility index (Phi) is 6.27. The molecule has 1 aromatic heterocycles. The molecule has 4 aromatic rings. The fourth-order valence-corrected chi connectivity index (χ4v) is 3.23. The predicted molar refractivity (Wildman–Crippen MR) is 124 cm³/mol. The summed E-state index contributed by atoms with van der Waals surface area (Å²) in [5, 5.41) is 11.1. The average molecular weight is 426 g/mol. The van der Waals surface area contributed by atoms with Crippen LogP contribution in [0.2, 0.25) is 0 Å². The number of nitrogens with one attached hydrogen (secondary N) is 1. The molecule has 0 atom stereocenters. The molecule has 1 amide bonds.